The van der Waals surface area contributed by atoms with Crippen LogP contribution in [0.2, 0.25) is 5.02 Å². The summed E-state index contributed by atoms with van der Waals surface area (Å²) < 4.78 is 18.3. The molecule has 15 heavy (non-hydrogen) atoms. The Morgan fingerprint density at radius 2 is 2.40 bits per heavy atom. The van der Waals surface area contributed by atoms with E-state index in [0.717, 1.165) is 6.42 Å². The van der Waals surface area contributed by atoms with E-state index in [1.165, 1.54) is 12.3 Å². The van der Waals surface area contributed by atoms with E-state index in [2.05, 4.69) is 10.3 Å². The minimum absolute atomic E-state index is 0.0539. The summed E-state index contributed by atoms with van der Waals surface area (Å²) in [5.41, 5.74) is 0. The number of hydrogen-bond acceptors (Lipinski definition) is 3. The number of rotatable bonds is 5. The van der Waals surface area contributed by atoms with Crippen LogP contribution in [0.4, 0.5) is 10.2 Å². The molecule has 1 N–H and O–H groups in total. The van der Waals surface area contributed by atoms with E-state index in [9.17, 15) is 4.39 Å². The van der Waals surface area contributed by atoms with Crippen LogP contribution in [0.3, 0.4) is 0 Å². The number of hydrogen-bond donors (Lipinski definition) is 1. The lowest BCUT2D eigenvalue weighted by Gasteiger charge is -2.16. The number of aromatic nitrogens is 1. The van der Waals surface area contributed by atoms with Crippen LogP contribution in [0.15, 0.2) is 12.3 Å². The van der Waals surface area contributed by atoms with Crippen molar-refractivity contribution in [3.05, 3.63) is 23.1 Å². The zero-order valence-corrected chi connectivity index (χ0v) is 9.51. The second-order valence-electron chi connectivity index (χ2n) is 3.19. The third-order valence-electron chi connectivity index (χ3n) is 2.01. The Hall–Kier alpha value is -0.870. The molecule has 0 aliphatic heterocycles. The van der Waals surface area contributed by atoms with Crippen molar-refractivity contribution in [2.45, 2.75) is 19.4 Å². The predicted octanol–water partition coefficient (Wildman–Crippen LogP) is 2.71. The molecule has 1 rings (SSSR count). The fraction of sp³-hybridized carbons (Fsp3) is 0.500. The van der Waals surface area contributed by atoms with Crippen molar-refractivity contribution >= 4 is 17.4 Å². The summed E-state index contributed by atoms with van der Waals surface area (Å²) in [6.07, 6.45) is 2.24. The zero-order valence-electron chi connectivity index (χ0n) is 8.76. The molecule has 0 bridgehead atoms. The molecule has 0 fully saturated rings. The number of ether oxygens (including phenoxy) is 1. The van der Waals surface area contributed by atoms with E-state index in [1.54, 1.807) is 7.11 Å². The quantitative estimate of drug-likeness (QED) is 0.848. The molecule has 84 valence electrons. The molecule has 1 aromatic heterocycles. The van der Waals surface area contributed by atoms with Crippen LogP contribution in [0, 0.1) is 5.82 Å². The van der Waals surface area contributed by atoms with Gasteiger partial charge in [-0.2, -0.15) is 0 Å². The highest BCUT2D eigenvalue weighted by Crippen LogP contribution is 2.16. The number of nitrogens with zero attached hydrogens (tertiary/aromatic N) is 1. The molecule has 1 unspecified atom stereocenters. The van der Waals surface area contributed by atoms with Crippen molar-refractivity contribution in [3.63, 3.8) is 0 Å². The van der Waals surface area contributed by atoms with Crippen LogP contribution in [0.1, 0.15) is 13.3 Å². The number of methoxy groups -OCH3 is 1. The van der Waals surface area contributed by atoms with E-state index < -0.39 is 5.82 Å². The molecule has 5 heteroatoms. The Morgan fingerprint density at radius 3 is 2.93 bits per heavy atom. The Kier molecular flexibility index (Phi) is 4.78. The topological polar surface area (TPSA) is 34.1 Å². The molecule has 0 aliphatic carbocycles. The average Bonchev–Trinajstić information content (AvgIpc) is 2.21. The molecule has 1 atom stereocenters. The first-order valence-electron chi connectivity index (χ1n) is 4.73. The van der Waals surface area contributed by atoms with E-state index in [-0.39, 0.29) is 16.9 Å². The van der Waals surface area contributed by atoms with E-state index in [0.29, 0.717) is 6.61 Å². The Balaban J connectivity index is 2.70. The van der Waals surface area contributed by atoms with Crippen LogP contribution in [0.5, 0.6) is 0 Å². The van der Waals surface area contributed by atoms with Gasteiger partial charge in [0.2, 0.25) is 0 Å². The van der Waals surface area contributed by atoms with Crippen LogP contribution in [-0.2, 0) is 4.74 Å². The van der Waals surface area contributed by atoms with Crippen LogP contribution in [-0.4, -0.2) is 24.7 Å². The van der Waals surface area contributed by atoms with Gasteiger partial charge in [0.05, 0.1) is 17.7 Å². The smallest absolute Gasteiger partial charge is 0.166 e. The minimum Gasteiger partial charge on any atom is -0.383 e. The van der Waals surface area contributed by atoms with Gasteiger partial charge < -0.3 is 10.1 Å². The van der Waals surface area contributed by atoms with Gasteiger partial charge in [-0.3, -0.25) is 0 Å². The van der Waals surface area contributed by atoms with Crippen LogP contribution < -0.4 is 5.32 Å². The molecule has 0 aromatic carbocycles. The van der Waals surface area contributed by atoms with Crippen molar-refractivity contribution < 1.29 is 9.13 Å². The first-order valence-corrected chi connectivity index (χ1v) is 5.11. The predicted molar refractivity (Wildman–Crippen MR) is 58.8 cm³/mol. The molecular formula is C10H14ClFN2O. The lowest BCUT2D eigenvalue weighted by Crippen LogP contribution is -2.25. The molecular weight excluding hydrogens is 219 g/mol. The first kappa shape index (κ1) is 12.2. The van der Waals surface area contributed by atoms with Gasteiger partial charge in [-0.05, 0) is 12.5 Å². The Bertz CT molecular complexity index is 322. The summed E-state index contributed by atoms with van der Waals surface area (Å²) in [6, 6.07) is 1.29. The summed E-state index contributed by atoms with van der Waals surface area (Å²) in [4.78, 5) is 3.87. The fourth-order valence-corrected chi connectivity index (χ4v) is 1.32. The highest BCUT2D eigenvalue weighted by Gasteiger charge is 2.10. The summed E-state index contributed by atoms with van der Waals surface area (Å²) >= 11 is 5.59. The van der Waals surface area contributed by atoms with Gasteiger partial charge >= 0.3 is 0 Å². The monoisotopic (exact) mass is 232 g/mol. The molecule has 0 amide bonds. The first-order chi connectivity index (χ1) is 7.17. The number of nitrogens with one attached hydrogen (secondary N) is 1. The van der Waals surface area contributed by atoms with Gasteiger partial charge in [-0.25, -0.2) is 9.37 Å². The van der Waals surface area contributed by atoms with Crippen molar-refractivity contribution in [2.24, 2.45) is 0 Å². The van der Waals surface area contributed by atoms with Crippen molar-refractivity contribution in [1.29, 1.82) is 0 Å². The average molecular weight is 233 g/mol. The SMILES string of the molecule is CCC(COC)Nc1ncc(Cl)cc1F. The minimum atomic E-state index is -0.447. The lowest BCUT2D eigenvalue weighted by molar-refractivity contribution is 0.184. The number of halogens is 2. The zero-order chi connectivity index (χ0) is 11.3. The molecule has 0 saturated heterocycles. The number of pyridine rings is 1. The Labute approximate surface area is 93.6 Å². The van der Waals surface area contributed by atoms with Gasteiger partial charge in [-0.15, -0.1) is 0 Å². The molecule has 1 aromatic rings. The van der Waals surface area contributed by atoms with E-state index in [4.69, 9.17) is 16.3 Å². The van der Waals surface area contributed by atoms with Gasteiger partial charge in [0.15, 0.2) is 11.6 Å². The Morgan fingerprint density at radius 1 is 1.67 bits per heavy atom. The standard InChI is InChI=1S/C10H14ClFN2O/c1-3-8(6-15-2)14-10-9(12)4-7(11)5-13-10/h4-5,8H,3,6H2,1-2H3,(H,13,14). The maximum atomic E-state index is 13.3. The van der Waals surface area contributed by atoms with Crippen LogP contribution in [0.25, 0.3) is 0 Å². The second-order valence-corrected chi connectivity index (χ2v) is 3.63. The summed E-state index contributed by atoms with van der Waals surface area (Å²) in [7, 11) is 1.61. The third-order valence-corrected chi connectivity index (χ3v) is 2.22. The third kappa shape index (κ3) is 3.64. The normalized spacial score (nSPS) is 12.5. The highest BCUT2D eigenvalue weighted by atomic mass is 35.5. The van der Waals surface area contributed by atoms with Crippen molar-refractivity contribution in [3.8, 4) is 0 Å². The summed E-state index contributed by atoms with van der Waals surface area (Å²) in [6.45, 7) is 2.50. The molecule has 0 radical (unpaired) electrons. The molecule has 0 aliphatic rings. The van der Waals surface area contributed by atoms with E-state index in [1.807, 2.05) is 6.92 Å². The molecule has 3 nitrogen and oxygen atoms in total. The fourth-order valence-electron chi connectivity index (χ4n) is 1.18. The molecule has 0 saturated carbocycles. The van der Waals surface area contributed by atoms with Crippen molar-refractivity contribution in [1.82, 2.24) is 4.98 Å². The molecule has 0 spiro atoms. The summed E-state index contributed by atoms with van der Waals surface area (Å²) in [5, 5.41) is 3.25. The lowest BCUT2D eigenvalue weighted by atomic mass is 10.2. The second kappa shape index (κ2) is 5.88. The largest absolute Gasteiger partial charge is 0.383 e. The van der Waals surface area contributed by atoms with Crippen molar-refractivity contribution in [2.75, 3.05) is 19.0 Å². The molecule has 1 heterocycles. The van der Waals surface area contributed by atoms with Crippen LogP contribution >= 0.6 is 11.6 Å². The maximum absolute atomic E-state index is 13.3. The van der Waals surface area contributed by atoms with Gasteiger partial charge in [-0.1, -0.05) is 18.5 Å². The van der Waals surface area contributed by atoms with Gasteiger partial charge in [0.25, 0.3) is 0 Å². The van der Waals surface area contributed by atoms with Gasteiger partial charge in [0, 0.05) is 13.3 Å². The van der Waals surface area contributed by atoms with Gasteiger partial charge in [0.1, 0.15) is 0 Å². The number of anilines is 1. The highest BCUT2D eigenvalue weighted by molar-refractivity contribution is 6.30. The maximum Gasteiger partial charge on any atom is 0.166 e. The van der Waals surface area contributed by atoms with E-state index >= 15 is 0 Å². The summed E-state index contributed by atoms with van der Waals surface area (Å²) in [5.74, 6) is -0.236.